The van der Waals surface area contributed by atoms with Crippen molar-refractivity contribution < 1.29 is 4.79 Å². The first-order chi connectivity index (χ1) is 10.2. The average Bonchev–Trinajstić information content (AvgIpc) is 2.53. The molecule has 118 valence electrons. The molecule has 4 heteroatoms. The second-order valence-corrected chi connectivity index (χ2v) is 6.31. The van der Waals surface area contributed by atoms with E-state index in [0.29, 0.717) is 0 Å². The van der Waals surface area contributed by atoms with Gasteiger partial charge in [0.15, 0.2) is 0 Å². The Kier molecular flexibility index (Phi) is 5.43. The van der Waals surface area contributed by atoms with E-state index in [1.54, 1.807) is 0 Å². The minimum atomic E-state index is 0. The maximum Gasteiger partial charge on any atom is 0.251 e. The standard InChI is InChI=1S/C18H22N2O.ClH/c1-18(8-10-19-11-9-18)13-20-17(21)16-7-6-14-4-2-3-5-15(14)12-16;/h2-7,12,19H,8-11,13H2,1H3,(H,20,21);1H. The van der Waals surface area contributed by atoms with Crippen molar-refractivity contribution in [2.45, 2.75) is 19.8 Å². The molecular formula is C18H23ClN2O. The highest BCUT2D eigenvalue weighted by atomic mass is 35.5. The summed E-state index contributed by atoms with van der Waals surface area (Å²) in [6.07, 6.45) is 2.23. The van der Waals surface area contributed by atoms with Gasteiger partial charge in [0.05, 0.1) is 0 Å². The molecule has 0 aliphatic carbocycles. The van der Waals surface area contributed by atoms with E-state index >= 15 is 0 Å². The summed E-state index contributed by atoms with van der Waals surface area (Å²) >= 11 is 0. The Labute approximate surface area is 137 Å². The van der Waals surface area contributed by atoms with Crippen molar-refractivity contribution >= 4 is 29.1 Å². The summed E-state index contributed by atoms with van der Waals surface area (Å²) in [6.45, 7) is 5.10. The van der Waals surface area contributed by atoms with E-state index in [-0.39, 0.29) is 23.7 Å². The number of nitrogens with one attached hydrogen (secondary N) is 2. The number of rotatable bonds is 3. The van der Waals surface area contributed by atoms with Gasteiger partial charge >= 0.3 is 0 Å². The van der Waals surface area contributed by atoms with Gasteiger partial charge in [0.2, 0.25) is 0 Å². The van der Waals surface area contributed by atoms with E-state index in [9.17, 15) is 4.79 Å². The van der Waals surface area contributed by atoms with Crippen LogP contribution in [0, 0.1) is 5.41 Å². The second-order valence-electron chi connectivity index (χ2n) is 6.31. The molecule has 1 heterocycles. The maximum atomic E-state index is 12.3. The lowest BCUT2D eigenvalue weighted by atomic mass is 9.81. The highest BCUT2D eigenvalue weighted by Crippen LogP contribution is 2.26. The number of fused-ring (bicyclic) bond motifs is 1. The first kappa shape index (κ1) is 16.8. The Bertz CT molecular complexity index is 650. The number of hydrogen-bond acceptors (Lipinski definition) is 2. The van der Waals surface area contributed by atoms with Crippen LogP contribution >= 0.6 is 12.4 Å². The van der Waals surface area contributed by atoms with Crippen LogP contribution in [0.15, 0.2) is 42.5 Å². The van der Waals surface area contributed by atoms with Gasteiger partial charge in [-0.3, -0.25) is 4.79 Å². The molecule has 1 aliphatic rings. The molecule has 0 spiro atoms. The molecule has 2 aromatic carbocycles. The number of carbonyl (C=O) groups excluding carboxylic acids is 1. The van der Waals surface area contributed by atoms with Crippen LogP contribution in [0.5, 0.6) is 0 Å². The van der Waals surface area contributed by atoms with Crippen molar-refractivity contribution in [3.8, 4) is 0 Å². The number of hydrogen-bond donors (Lipinski definition) is 2. The zero-order valence-electron chi connectivity index (χ0n) is 12.9. The second kappa shape index (κ2) is 7.12. The summed E-state index contributed by atoms with van der Waals surface area (Å²) in [5, 5.41) is 8.75. The predicted molar refractivity (Wildman–Crippen MR) is 93.7 cm³/mol. The Balaban J connectivity index is 0.00000176. The Morgan fingerprint density at radius 1 is 1.14 bits per heavy atom. The molecule has 0 bridgehead atoms. The smallest absolute Gasteiger partial charge is 0.251 e. The van der Waals surface area contributed by atoms with Gasteiger partial charge in [0.1, 0.15) is 0 Å². The number of piperidine rings is 1. The number of amides is 1. The summed E-state index contributed by atoms with van der Waals surface area (Å²) in [7, 11) is 0. The molecule has 1 amide bonds. The number of carbonyl (C=O) groups is 1. The van der Waals surface area contributed by atoms with Crippen molar-refractivity contribution in [2.24, 2.45) is 5.41 Å². The van der Waals surface area contributed by atoms with E-state index < -0.39 is 0 Å². The highest BCUT2D eigenvalue weighted by molar-refractivity contribution is 5.98. The minimum absolute atomic E-state index is 0. The van der Waals surface area contributed by atoms with Crippen LogP contribution in [0.25, 0.3) is 10.8 Å². The van der Waals surface area contributed by atoms with Crippen LogP contribution in [-0.4, -0.2) is 25.5 Å². The first-order valence-corrected chi connectivity index (χ1v) is 7.64. The minimum Gasteiger partial charge on any atom is -0.351 e. The van der Waals surface area contributed by atoms with Crippen molar-refractivity contribution in [3.05, 3.63) is 48.0 Å². The monoisotopic (exact) mass is 318 g/mol. The first-order valence-electron chi connectivity index (χ1n) is 7.64. The SMILES string of the molecule is CC1(CNC(=O)c2ccc3ccccc3c2)CCNCC1.Cl. The van der Waals surface area contributed by atoms with Gasteiger partial charge in [0, 0.05) is 12.1 Å². The van der Waals surface area contributed by atoms with Gasteiger partial charge in [-0.15, -0.1) is 12.4 Å². The van der Waals surface area contributed by atoms with Crippen molar-refractivity contribution in [2.75, 3.05) is 19.6 Å². The van der Waals surface area contributed by atoms with Gasteiger partial charge in [-0.1, -0.05) is 37.3 Å². The third-order valence-electron chi connectivity index (χ3n) is 4.50. The largest absolute Gasteiger partial charge is 0.351 e. The fourth-order valence-corrected chi connectivity index (χ4v) is 2.93. The fraction of sp³-hybridized carbons (Fsp3) is 0.389. The van der Waals surface area contributed by atoms with Gasteiger partial charge in [-0.2, -0.15) is 0 Å². The normalized spacial score (nSPS) is 16.8. The van der Waals surface area contributed by atoms with E-state index in [1.165, 1.54) is 5.39 Å². The van der Waals surface area contributed by atoms with Crippen LogP contribution in [-0.2, 0) is 0 Å². The third kappa shape index (κ3) is 3.79. The van der Waals surface area contributed by atoms with Gasteiger partial charge in [-0.05, 0) is 54.3 Å². The maximum absolute atomic E-state index is 12.3. The lowest BCUT2D eigenvalue weighted by Crippen LogP contribution is -2.42. The molecule has 3 nitrogen and oxygen atoms in total. The lowest BCUT2D eigenvalue weighted by Gasteiger charge is -2.34. The molecular weight excluding hydrogens is 296 g/mol. The van der Waals surface area contributed by atoms with Crippen LogP contribution in [0.3, 0.4) is 0 Å². The average molecular weight is 319 g/mol. The van der Waals surface area contributed by atoms with Crippen molar-refractivity contribution in [1.82, 2.24) is 10.6 Å². The topological polar surface area (TPSA) is 41.1 Å². The van der Waals surface area contributed by atoms with E-state index in [2.05, 4.69) is 23.6 Å². The molecule has 2 N–H and O–H groups in total. The van der Waals surface area contributed by atoms with Crippen molar-refractivity contribution in [1.29, 1.82) is 0 Å². The molecule has 1 aliphatic heterocycles. The molecule has 0 saturated carbocycles. The summed E-state index contributed by atoms with van der Waals surface area (Å²) in [5.74, 6) is 0.0283. The number of halogens is 1. The molecule has 0 aromatic heterocycles. The molecule has 2 aromatic rings. The molecule has 0 radical (unpaired) electrons. The Morgan fingerprint density at radius 2 is 1.82 bits per heavy atom. The van der Waals surface area contributed by atoms with Crippen LogP contribution in [0.1, 0.15) is 30.1 Å². The molecule has 1 saturated heterocycles. The third-order valence-corrected chi connectivity index (χ3v) is 4.50. The van der Waals surface area contributed by atoms with E-state index in [0.717, 1.165) is 43.4 Å². The van der Waals surface area contributed by atoms with Gasteiger partial charge in [-0.25, -0.2) is 0 Å². The van der Waals surface area contributed by atoms with Gasteiger partial charge < -0.3 is 10.6 Å². The van der Waals surface area contributed by atoms with Crippen LogP contribution < -0.4 is 10.6 Å². The Morgan fingerprint density at radius 3 is 2.55 bits per heavy atom. The predicted octanol–water partition coefficient (Wildman–Crippen LogP) is 3.38. The summed E-state index contributed by atoms with van der Waals surface area (Å²) in [4.78, 5) is 12.3. The zero-order valence-corrected chi connectivity index (χ0v) is 13.7. The molecule has 3 rings (SSSR count). The number of benzene rings is 2. The zero-order chi connectivity index (χ0) is 14.7. The lowest BCUT2D eigenvalue weighted by molar-refractivity contribution is 0.0922. The van der Waals surface area contributed by atoms with E-state index in [4.69, 9.17) is 0 Å². The molecule has 0 atom stereocenters. The van der Waals surface area contributed by atoms with Crippen molar-refractivity contribution in [3.63, 3.8) is 0 Å². The van der Waals surface area contributed by atoms with E-state index in [1.807, 2.05) is 36.4 Å². The van der Waals surface area contributed by atoms with Crippen LogP contribution in [0.4, 0.5) is 0 Å². The summed E-state index contributed by atoms with van der Waals surface area (Å²) < 4.78 is 0. The highest BCUT2D eigenvalue weighted by Gasteiger charge is 2.27. The molecule has 1 fully saturated rings. The summed E-state index contributed by atoms with van der Waals surface area (Å²) in [5.41, 5.74) is 0.962. The molecule has 22 heavy (non-hydrogen) atoms. The quantitative estimate of drug-likeness (QED) is 0.911. The van der Waals surface area contributed by atoms with Crippen LogP contribution in [0.2, 0.25) is 0 Å². The molecule has 0 unspecified atom stereocenters. The van der Waals surface area contributed by atoms with Gasteiger partial charge in [0.25, 0.3) is 5.91 Å². The Hall–Kier alpha value is -1.58. The summed E-state index contributed by atoms with van der Waals surface area (Å²) in [6, 6.07) is 14.0. The fourth-order valence-electron chi connectivity index (χ4n) is 2.93.